The molecule has 4 N–H and O–H groups in total. The molecule has 0 aliphatic carbocycles. The highest BCUT2D eigenvalue weighted by Gasteiger charge is 2.47. The molecular formula is C39H64O11. The first-order chi connectivity index (χ1) is 24.2. The molecule has 0 spiro atoms. The van der Waals surface area contributed by atoms with Crippen LogP contribution >= 0.6 is 0 Å². The Labute approximate surface area is 299 Å². The number of carbonyl (C=O) groups excluding carboxylic acids is 2. The van der Waals surface area contributed by atoms with E-state index in [1.54, 1.807) is 0 Å². The van der Waals surface area contributed by atoms with Crippen molar-refractivity contribution < 1.29 is 53.8 Å². The van der Waals surface area contributed by atoms with Gasteiger partial charge in [0.05, 0.1) is 6.61 Å². The van der Waals surface area contributed by atoms with Gasteiger partial charge in [-0.3, -0.25) is 9.59 Å². The van der Waals surface area contributed by atoms with Gasteiger partial charge < -0.3 is 39.4 Å². The predicted octanol–water partition coefficient (Wildman–Crippen LogP) is 6.64. The zero-order chi connectivity index (χ0) is 36.8. The van der Waals surface area contributed by atoms with Gasteiger partial charge >= 0.3 is 17.9 Å². The van der Waals surface area contributed by atoms with Crippen LogP contribution in [0.15, 0.2) is 48.6 Å². The second kappa shape index (κ2) is 29.9. The number of hydrogen-bond acceptors (Lipinski definition) is 10. The van der Waals surface area contributed by atoms with Crippen molar-refractivity contribution in [3.8, 4) is 0 Å². The lowest BCUT2D eigenvalue weighted by molar-refractivity contribution is -0.298. The number of esters is 2. The zero-order valence-corrected chi connectivity index (χ0v) is 30.4. The number of unbranched alkanes of at least 4 members (excludes halogenated alkanes) is 10. The molecule has 0 saturated carbocycles. The van der Waals surface area contributed by atoms with Crippen LogP contribution in [0.25, 0.3) is 0 Å². The second-order valence-corrected chi connectivity index (χ2v) is 12.7. The second-order valence-electron chi connectivity index (χ2n) is 12.7. The molecule has 1 aliphatic heterocycles. The molecule has 0 aromatic rings. The Morgan fingerprint density at radius 2 is 1.18 bits per heavy atom. The lowest BCUT2D eigenvalue weighted by Gasteiger charge is -2.38. The van der Waals surface area contributed by atoms with Crippen LogP contribution in [-0.2, 0) is 33.3 Å². The zero-order valence-electron chi connectivity index (χ0n) is 30.4. The quantitative estimate of drug-likeness (QED) is 0.0374. The Morgan fingerprint density at radius 1 is 0.640 bits per heavy atom. The van der Waals surface area contributed by atoms with Crippen molar-refractivity contribution in [3.63, 3.8) is 0 Å². The number of ether oxygens (including phenoxy) is 4. The van der Waals surface area contributed by atoms with Gasteiger partial charge in [0.25, 0.3) is 0 Å². The van der Waals surface area contributed by atoms with Gasteiger partial charge in [0, 0.05) is 12.8 Å². The molecule has 0 radical (unpaired) electrons. The fourth-order valence-corrected chi connectivity index (χ4v) is 5.17. The minimum Gasteiger partial charge on any atom is -0.479 e. The van der Waals surface area contributed by atoms with Gasteiger partial charge in [0.2, 0.25) is 0 Å². The SMILES string of the molecule is CC/C=C\C/C=C\C/C=C\CCCCCC(=O)OCC(COC1OC(C(=O)O)C(O)C(O)C1O)OC(=O)CCCCCCC/C=C\CCCC. The number of rotatable bonds is 29. The summed E-state index contributed by atoms with van der Waals surface area (Å²) in [5, 5.41) is 39.6. The van der Waals surface area contributed by atoms with Crippen LogP contribution in [0.1, 0.15) is 129 Å². The van der Waals surface area contributed by atoms with Crippen LogP contribution in [0.3, 0.4) is 0 Å². The van der Waals surface area contributed by atoms with Crippen molar-refractivity contribution in [2.75, 3.05) is 13.2 Å². The Morgan fingerprint density at radius 3 is 1.82 bits per heavy atom. The average Bonchev–Trinajstić information content (AvgIpc) is 3.09. The van der Waals surface area contributed by atoms with Crippen LogP contribution in [-0.4, -0.2) is 88.4 Å². The van der Waals surface area contributed by atoms with Gasteiger partial charge in [-0.05, 0) is 64.2 Å². The van der Waals surface area contributed by atoms with Crippen LogP contribution in [0.5, 0.6) is 0 Å². The maximum Gasteiger partial charge on any atom is 0.335 e. The molecular weight excluding hydrogens is 644 g/mol. The average molecular weight is 709 g/mol. The molecule has 6 unspecified atom stereocenters. The van der Waals surface area contributed by atoms with E-state index in [4.69, 9.17) is 18.9 Å². The number of carboxylic acids is 1. The standard InChI is InChI=1S/C39H64O11/c1-3-5-7-9-11-13-15-16-18-19-21-23-25-27-32(40)47-29-31(30-48-39-36(44)34(42)35(43)37(50-39)38(45)46)49-33(41)28-26-24-22-20-17-14-12-10-8-6-4-2/h5,7,10-13,16,18,31,34-37,39,42-44H,3-4,6,8-9,14-15,17,19-30H2,1-2H3,(H,45,46)/b7-5-,12-10-,13-11-,18-16-. The first kappa shape index (κ1) is 45.2. The van der Waals surface area contributed by atoms with Gasteiger partial charge in [-0.1, -0.05) is 101 Å². The molecule has 0 amide bonds. The van der Waals surface area contributed by atoms with Crippen molar-refractivity contribution in [2.45, 2.75) is 166 Å². The minimum atomic E-state index is -1.87. The Balaban J connectivity index is 2.49. The third-order valence-corrected chi connectivity index (χ3v) is 8.16. The van der Waals surface area contributed by atoms with E-state index in [0.29, 0.717) is 12.8 Å². The third-order valence-electron chi connectivity index (χ3n) is 8.16. The molecule has 1 aliphatic rings. The number of allylic oxidation sites excluding steroid dienone is 8. The summed E-state index contributed by atoms with van der Waals surface area (Å²) < 4.78 is 21.5. The van der Waals surface area contributed by atoms with Gasteiger partial charge in [-0.25, -0.2) is 4.79 Å². The van der Waals surface area contributed by atoms with Crippen LogP contribution in [0, 0.1) is 0 Å². The molecule has 286 valence electrons. The first-order valence-corrected chi connectivity index (χ1v) is 18.7. The number of aliphatic hydroxyl groups is 3. The molecule has 0 bridgehead atoms. The summed E-state index contributed by atoms with van der Waals surface area (Å²) in [4.78, 5) is 36.5. The highest BCUT2D eigenvalue weighted by atomic mass is 16.7. The van der Waals surface area contributed by atoms with Crippen molar-refractivity contribution in [3.05, 3.63) is 48.6 Å². The van der Waals surface area contributed by atoms with E-state index < -0.39 is 61.3 Å². The largest absolute Gasteiger partial charge is 0.479 e. The minimum absolute atomic E-state index is 0.164. The van der Waals surface area contributed by atoms with Crippen LogP contribution < -0.4 is 0 Å². The maximum absolute atomic E-state index is 12.6. The lowest BCUT2D eigenvalue weighted by Crippen LogP contribution is -2.60. The summed E-state index contributed by atoms with van der Waals surface area (Å²) in [5.74, 6) is -2.51. The fourth-order valence-electron chi connectivity index (χ4n) is 5.17. The molecule has 6 atom stereocenters. The number of carboxylic acid groups (broad SMARTS) is 1. The Hall–Kier alpha value is -2.83. The highest BCUT2D eigenvalue weighted by Crippen LogP contribution is 2.23. The molecule has 0 aromatic carbocycles. The maximum atomic E-state index is 12.6. The summed E-state index contributed by atoms with van der Waals surface area (Å²) in [7, 11) is 0. The van der Waals surface area contributed by atoms with Gasteiger partial charge in [-0.2, -0.15) is 0 Å². The summed E-state index contributed by atoms with van der Waals surface area (Å²) in [6.45, 7) is 3.58. The predicted molar refractivity (Wildman–Crippen MR) is 192 cm³/mol. The highest BCUT2D eigenvalue weighted by molar-refractivity contribution is 5.73. The van der Waals surface area contributed by atoms with Crippen molar-refractivity contribution in [1.29, 1.82) is 0 Å². The summed E-state index contributed by atoms with van der Waals surface area (Å²) in [6.07, 6.45) is 23.3. The number of aliphatic carboxylic acids is 1. The van der Waals surface area contributed by atoms with E-state index >= 15 is 0 Å². The number of carbonyl (C=O) groups is 3. The van der Waals surface area contributed by atoms with Crippen molar-refractivity contribution >= 4 is 17.9 Å². The van der Waals surface area contributed by atoms with E-state index in [1.165, 1.54) is 12.8 Å². The third kappa shape index (κ3) is 22.1. The molecule has 11 heteroatoms. The molecule has 1 rings (SSSR count). The molecule has 1 saturated heterocycles. The number of aliphatic hydroxyl groups excluding tert-OH is 3. The molecule has 1 heterocycles. The summed E-state index contributed by atoms with van der Waals surface area (Å²) in [5.41, 5.74) is 0. The normalized spacial score (nSPS) is 21.8. The van der Waals surface area contributed by atoms with Gasteiger partial charge in [0.1, 0.15) is 24.9 Å². The monoisotopic (exact) mass is 708 g/mol. The lowest BCUT2D eigenvalue weighted by atomic mass is 9.99. The fraction of sp³-hybridized carbons (Fsp3) is 0.718. The molecule has 50 heavy (non-hydrogen) atoms. The van der Waals surface area contributed by atoms with E-state index in [1.807, 2.05) is 0 Å². The number of hydrogen-bond donors (Lipinski definition) is 4. The van der Waals surface area contributed by atoms with E-state index in [2.05, 4.69) is 62.5 Å². The smallest absolute Gasteiger partial charge is 0.335 e. The van der Waals surface area contributed by atoms with E-state index in [0.717, 1.165) is 77.0 Å². The molecule has 0 aromatic heterocycles. The Kier molecular flexibility index (Phi) is 27.0. The van der Waals surface area contributed by atoms with Crippen LogP contribution in [0.2, 0.25) is 0 Å². The molecule has 1 fully saturated rings. The topological polar surface area (TPSA) is 169 Å². The summed E-state index contributed by atoms with van der Waals surface area (Å²) in [6, 6.07) is 0. The van der Waals surface area contributed by atoms with Crippen molar-refractivity contribution in [2.24, 2.45) is 0 Å². The van der Waals surface area contributed by atoms with Gasteiger partial charge in [-0.15, -0.1) is 0 Å². The van der Waals surface area contributed by atoms with E-state index in [-0.39, 0.29) is 19.4 Å². The first-order valence-electron chi connectivity index (χ1n) is 18.7. The summed E-state index contributed by atoms with van der Waals surface area (Å²) >= 11 is 0. The van der Waals surface area contributed by atoms with E-state index in [9.17, 15) is 34.8 Å². The van der Waals surface area contributed by atoms with Gasteiger partial charge in [0.15, 0.2) is 18.5 Å². The van der Waals surface area contributed by atoms with Crippen molar-refractivity contribution in [1.82, 2.24) is 0 Å². The van der Waals surface area contributed by atoms with Crippen LogP contribution in [0.4, 0.5) is 0 Å². The Bertz CT molecular complexity index is 1020. The molecule has 11 nitrogen and oxygen atoms in total.